The Morgan fingerprint density at radius 3 is 1.33 bits per heavy atom. The fraction of sp³-hybridized carbons (Fsp3) is 0.0141. The topological polar surface area (TPSA) is 32.2 Å². The first-order chi connectivity index (χ1) is 37.2. The predicted molar refractivity (Wildman–Crippen MR) is 308 cm³/mol. The summed E-state index contributed by atoms with van der Waals surface area (Å²) in [5.74, 6) is 2.40. The van der Waals surface area contributed by atoms with Crippen LogP contribution in [0.25, 0.3) is 121 Å². The van der Waals surface area contributed by atoms with Gasteiger partial charge in [0, 0.05) is 37.9 Å². The van der Waals surface area contributed by atoms with E-state index in [1.54, 1.807) is 0 Å². The molecule has 0 saturated carbocycles. The summed E-state index contributed by atoms with van der Waals surface area (Å²) in [5, 5.41) is 10.7. The zero-order chi connectivity index (χ0) is 48.9. The van der Waals surface area contributed by atoms with Crippen molar-refractivity contribution in [3.05, 3.63) is 277 Å². The molecule has 3 aromatic heterocycles. The Morgan fingerprint density at radius 2 is 0.747 bits per heavy atom. The minimum Gasteiger partial charge on any atom is -0.455 e. The van der Waals surface area contributed by atoms with Crippen molar-refractivity contribution in [1.82, 2.24) is 9.13 Å². The maximum atomic E-state index is 7.22. The van der Waals surface area contributed by atoms with E-state index >= 15 is 0 Å². The maximum Gasteiger partial charge on any atom is 0.178 e. The number of nitrogens with zero attached hydrogens (tertiary/aromatic N) is 2. The molecule has 12 aromatic carbocycles. The number of para-hydroxylation sites is 4. The van der Waals surface area contributed by atoms with E-state index in [1.807, 2.05) is 6.07 Å². The van der Waals surface area contributed by atoms with Crippen LogP contribution in [-0.2, 0) is 5.41 Å². The minimum atomic E-state index is -0.844. The van der Waals surface area contributed by atoms with Gasteiger partial charge >= 0.3 is 0 Å². The molecule has 2 aliphatic rings. The molecule has 1 spiro atoms. The molecule has 0 radical (unpaired) electrons. The summed E-state index contributed by atoms with van der Waals surface area (Å²) in [6.07, 6.45) is 0. The van der Waals surface area contributed by atoms with Crippen LogP contribution in [0, 0.1) is 0 Å². The third-order valence-corrected chi connectivity index (χ3v) is 16.6. The predicted octanol–water partition coefficient (Wildman–Crippen LogP) is 18.7. The van der Waals surface area contributed by atoms with Crippen molar-refractivity contribution < 1.29 is 9.15 Å². The van der Waals surface area contributed by atoms with Gasteiger partial charge in [0.2, 0.25) is 0 Å². The molecule has 17 rings (SSSR count). The molecular formula is C71H42N2O2. The van der Waals surface area contributed by atoms with Crippen LogP contribution in [0.3, 0.4) is 0 Å². The van der Waals surface area contributed by atoms with E-state index in [0.717, 1.165) is 56.0 Å². The molecule has 0 bridgehead atoms. The zero-order valence-corrected chi connectivity index (χ0v) is 40.5. The van der Waals surface area contributed by atoms with Gasteiger partial charge in [-0.1, -0.05) is 176 Å². The molecule has 0 N–H and O–H groups in total. The van der Waals surface area contributed by atoms with E-state index in [9.17, 15) is 0 Å². The number of furan rings is 1. The largest absolute Gasteiger partial charge is 0.455 e. The van der Waals surface area contributed by atoms with Gasteiger partial charge in [0.05, 0.1) is 38.8 Å². The molecule has 1 aliphatic carbocycles. The monoisotopic (exact) mass is 954 g/mol. The smallest absolute Gasteiger partial charge is 0.178 e. The van der Waals surface area contributed by atoms with Crippen LogP contribution in [0.4, 0.5) is 0 Å². The van der Waals surface area contributed by atoms with E-state index in [0.29, 0.717) is 0 Å². The van der Waals surface area contributed by atoms with Crippen molar-refractivity contribution in [1.29, 1.82) is 0 Å². The Hall–Kier alpha value is -9.90. The highest BCUT2D eigenvalue weighted by atomic mass is 16.5. The molecular weight excluding hydrogens is 913 g/mol. The Bertz CT molecular complexity index is 4690. The quantitative estimate of drug-likeness (QED) is 0.176. The van der Waals surface area contributed by atoms with Gasteiger partial charge in [0.1, 0.15) is 16.7 Å². The van der Waals surface area contributed by atoms with E-state index in [2.05, 4.69) is 258 Å². The highest BCUT2D eigenvalue weighted by Gasteiger charge is 2.54. The molecule has 0 saturated heterocycles. The van der Waals surface area contributed by atoms with Crippen molar-refractivity contribution in [2.24, 2.45) is 0 Å². The van der Waals surface area contributed by atoms with Crippen LogP contribution < -0.4 is 4.74 Å². The van der Waals surface area contributed by atoms with Gasteiger partial charge in [0.15, 0.2) is 11.5 Å². The van der Waals surface area contributed by atoms with Crippen molar-refractivity contribution in [2.45, 2.75) is 5.41 Å². The Labute approximate surface area is 431 Å². The number of benzene rings is 12. The maximum absolute atomic E-state index is 7.22. The minimum absolute atomic E-state index is 0.768. The molecule has 0 amide bonds. The van der Waals surface area contributed by atoms with Gasteiger partial charge < -0.3 is 18.3 Å². The Kier molecular flexibility index (Phi) is 8.18. The first-order valence-corrected chi connectivity index (χ1v) is 25.8. The molecule has 15 aromatic rings. The lowest BCUT2D eigenvalue weighted by Crippen LogP contribution is -2.31. The Morgan fingerprint density at radius 1 is 0.307 bits per heavy atom. The van der Waals surface area contributed by atoms with E-state index < -0.39 is 5.41 Å². The number of ether oxygens (including phenoxy) is 1. The average Bonchev–Trinajstić information content (AvgIpc) is 4.33. The normalized spacial score (nSPS) is 13.3. The third-order valence-electron chi connectivity index (χ3n) is 16.6. The van der Waals surface area contributed by atoms with Crippen LogP contribution in [0.5, 0.6) is 11.5 Å². The van der Waals surface area contributed by atoms with Crippen molar-refractivity contribution in [3.63, 3.8) is 0 Å². The summed E-state index contributed by atoms with van der Waals surface area (Å²) in [4.78, 5) is 0. The second-order valence-corrected chi connectivity index (χ2v) is 20.3. The third kappa shape index (κ3) is 5.49. The van der Waals surface area contributed by atoms with Crippen LogP contribution in [-0.4, -0.2) is 9.13 Å². The van der Waals surface area contributed by atoms with Crippen LogP contribution >= 0.6 is 0 Å². The first-order valence-electron chi connectivity index (χ1n) is 25.8. The van der Waals surface area contributed by atoms with Crippen LogP contribution in [0.1, 0.15) is 22.5 Å². The van der Waals surface area contributed by atoms with Gasteiger partial charge in [0.25, 0.3) is 0 Å². The number of rotatable bonds is 4. The second-order valence-electron chi connectivity index (χ2n) is 20.3. The van der Waals surface area contributed by atoms with Gasteiger partial charge in [-0.3, -0.25) is 0 Å². The van der Waals surface area contributed by atoms with Crippen LogP contribution in [0.15, 0.2) is 259 Å². The van der Waals surface area contributed by atoms with Crippen molar-refractivity contribution in [3.8, 4) is 56.3 Å². The number of aromatic nitrogens is 2. The van der Waals surface area contributed by atoms with Gasteiger partial charge in [-0.25, -0.2) is 0 Å². The molecule has 1 aliphatic heterocycles. The lowest BCUT2D eigenvalue weighted by molar-refractivity contribution is 0.389. The highest BCUT2D eigenvalue weighted by Crippen LogP contribution is 2.64. The summed E-state index contributed by atoms with van der Waals surface area (Å²) in [5.41, 5.74) is 17.4. The average molecular weight is 955 g/mol. The lowest BCUT2D eigenvalue weighted by Gasteiger charge is -2.36. The summed E-state index contributed by atoms with van der Waals surface area (Å²) in [7, 11) is 0. The molecule has 0 unspecified atom stereocenters. The second kappa shape index (κ2) is 15.1. The fourth-order valence-electron chi connectivity index (χ4n) is 13.3. The molecule has 4 heterocycles. The van der Waals surface area contributed by atoms with E-state index in [1.165, 1.54) is 98.8 Å². The standard InChI is InChI=1S/C71H42N2O2/c1-3-19-49-43(15-1)17-13-27-61(49)72-63-25-9-5-21-53(63)56-39-45(33-37-65(56)72)47-31-35-51-52-36-32-48(42-60(52)71(59(51)41-47)58-24-8-12-30-68(58)74-69-55-23-7-11-29-67(55)75-70(69)71)46-34-38-66-57(40-46)54-22-6-10-26-64(54)73(66)62-28-14-18-44-16-2-4-20-50(44)62/h1-42H. The lowest BCUT2D eigenvalue weighted by atomic mass is 9.68. The number of fused-ring (bicyclic) bond motifs is 19. The zero-order valence-electron chi connectivity index (χ0n) is 40.5. The van der Waals surface area contributed by atoms with Gasteiger partial charge in [-0.05, 0) is 134 Å². The van der Waals surface area contributed by atoms with Crippen molar-refractivity contribution in [2.75, 3.05) is 0 Å². The summed E-state index contributed by atoms with van der Waals surface area (Å²) >= 11 is 0. The summed E-state index contributed by atoms with van der Waals surface area (Å²) in [6, 6.07) is 93.3. The highest BCUT2D eigenvalue weighted by molar-refractivity contribution is 6.13. The molecule has 4 nitrogen and oxygen atoms in total. The SMILES string of the molecule is c1ccc2c(c1)Oc1c(oc3ccccc13)C21c2cc(-c3ccc4c(c3)c3ccccc3n4-c3cccc4ccccc34)ccc2-c2ccc(-c3ccc4c(c3)c3ccccc3n4-c3cccc4ccccc34)cc21. The van der Waals surface area contributed by atoms with Crippen molar-refractivity contribution >= 4 is 76.1 Å². The molecule has 0 fully saturated rings. The van der Waals surface area contributed by atoms with E-state index in [4.69, 9.17) is 9.15 Å². The van der Waals surface area contributed by atoms with E-state index in [-0.39, 0.29) is 0 Å². The number of hydrogen-bond donors (Lipinski definition) is 0. The van der Waals surface area contributed by atoms with Gasteiger partial charge in [-0.2, -0.15) is 0 Å². The molecule has 75 heavy (non-hydrogen) atoms. The summed E-state index contributed by atoms with van der Waals surface area (Å²) < 4.78 is 19.1. The van der Waals surface area contributed by atoms with Gasteiger partial charge in [-0.15, -0.1) is 0 Å². The molecule has 0 atom stereocenters. The summed E-state index contributed by atoms with van der Waals surface area (Å²) in [6.45, 7) is 0. The van der Waals surface area contributed by atoms with Crippen LogP contribution in [0.2, 0.25) is 0 Å². The Balaban J connectivity index is 0.887. The first kappa shape index (κ1) is 40.7. The molecule has 348 valence electrons. The number of hydrogen-bond acceptors (Lipinski definition) is 2. The fourth-order valence-corrected chi connectivity index (χ4v) is 13.3. The molecule has 4 heteroatoms.